The third-order valence-electron chi connectivity index (χ3n) is 6.32. The van der Waals surface area contributed by atoms with Gasteiger partial charge in [0, 0.05) is 23.8 Å². The lowest BCUT2D eigenvalue weighted by Crippen LogP contribution is -2.18. The van der Waals surface area contributed by atoms with Crippen molar-refractivity contribution in [1.82, 2.24) is 15.0 Å². The number of carboxylic acid groups (broad SMARTS) is 4. The van der Waals surface area contributed by atoms with E-state index >= 15 is 0 Å². The number of benzene rings is 2. The fourth-order valence-electron chi connectivity index (χ4n) is 4.33. The van der Waals surface area contributed by atoms with Gasteiger partial charge in [-0.25, -0.2) is 34.1 Å². The summed E-state index contributed by atoms with van der Waals surface area (Å²) in [5, 5.41) is 38.4. The van der Waals surface area contributed by atoms with E-state index in [1.807, 2.05) is 0 Å². The number of carboxylic acids is 4. The van der Waals surface area contributed by atoms with Crippen LogP contribution in [-0.2, 0) is 0 Å². The summed E-state index contributed by atoms with van der Waals surface area (Å²) in [6.07, 6.45) is 2.59. The molecule has 0 aliphatic heterocycles. The van der Waals surface area contributed by atoms with E-state index in [0.29, 0.717) is 11.4 Å². The van der Waals surface area contributed by atoms with Crippen molar-refractivity contribution in [3.05, 3.63) is 126 Å². The average molecular weight is 592 g/mol. The van der Waals surface area contributed by atoms with E-state index in [9.17, 15) is 39.6 Å². The number of rotatable bonds is 10. The summed E-state index contributed by atoms with van der Waals surface area (Å²) < 4.78 is 0. The lowest BCUT2D eigenvalue weighted by atomic mass is 10.1. The lowest BCUT2D eigenvalue weighted by Gasteiger charge is -2.27. The normalized spacial score (nSPS) is 10.5. The Hall–Kier alpha value is -6.63. The minimum Gasteiger partial charge on any atom is -0.478 e. The van der Waals surface area contributed by atoms with Gasteiger partial charge in [0.25, 0.3) is 0 Å². The number of nitrogens with zero attached hydrogens (tertiary/aromatic N) is 5. The SMILES string of the molecule is O=C(O)c1cccc(N(c2cc(C(=O)O)ccn2)c2cccc(N(c3cccc(C(=O)O)c3)c3cc(C(=O)O)ccn3)n2)c1. The van der Waals surface area contributed by atoms with Crippen molar-refractivity contribution >= 4 is 58.5 Å². The van der Waals surface area contributed by atoms with Gasteiger partial charge in [-0.15, -0.1) is 0 Å². The van der Waals surface area contributed by atoms with Gasteiger partial charge in [0.15, 0.2) is 0 Å². The molecule has 0 bridgehead atoms. The van der Waals surface area contributed by atoms with Crippen LogP contribution < -0.4 is 9.80 Å². The van der Waals surface area contributed by atoms with Crippen LogP contribution in [0.4, 0.5) is 34.6 Å². The molecule has 4 N–H and O–H groups in total. The second kappa shape index (κ2) is 12.1. The number of pyridine rings is 3. The fourth-order valence-corrected chi connectivity index (χ4v) is 4.33. The Bertz CT molecular complexity index is 1680. The molecular formula is C31H21N5O8. The second-order valence-electron chi connectivity index (χ2n) is 9.15. The van der Waals surface area contributed by atoms with Crippen molar-refractivity contribution < 1.29 is 39.6 Å². The molecule has 2 aromatic carbocycles. The molecule has 0 saturated carbocycles. The highest BCUT2D eigenvalue weighted by Gasteiger charge is 2.22. The van der Waals surface area contributed by atoms with Crippen LogP contribution in [0.15, 0.2) is 103 Å². The molecule has 0 fully saturated rings. The summed E-state index contributed by atoms with van der Waals surface area (Å²) >= 11 is 0. The van der Waals surface area contributed by atoms with Crippen LogP contribution in [0.2, 0.25) is 0 Å². The molecule has 0 amide bonds. The van der Waals surface area contributed by atoms with Crippen LogP contribution in [0, 0.1) is 0 Å². The van der Waals surface area contributed by atoms with E-state index in [0.717, 1.165) is 0 Å². The highest BCUT2D eigenvalue weighted by molar-refractivity contribution is 5.93. The zero-order valence-electron chi connectivity index (χ0n) is 22.5. The van der Waals surface area contributed by atoms with Crippen molar-refractivity contribution in [3.63, 3.8) is 0 Å². The standard InChI is InChI=1S/C31H21N5O8/c37-28(38)18-4-1-6-22(14-18)35(26-16-20(30(41)42)10-12-32-26)24-8-3-9-25(34-24)36(23-7-2-5-19(15-23)29(39)40)27-17-21(31(43)44)11-13-33-27/h1-17H,(H,37,38)(H,39,40)(H,41,42)(H,43,44). The molecule has 0 spiro atoms. The van der Waals surface area contributed by atoms with E-state index in [4.69, 9.17) is 4.98 Å². The van der Waals surface area contributed by atoms with E-state index < -0.39 is 23.9 Å². The van der Waals surface area contributed by atoms with Crippen LogP contribution in [-0.4, -0.2) is 59.3 Å². The van der Waals surface area contributed by atoms with Gasteiger partial charge < -0.3 is 20.4 Å². The zero-order valence-corrected chi connectivity index (χ0v) is 22.5. The maximum atomic E-state index is 11.8. The molecule has 0 saturated heterocycles. The Morgan fingerprint density at radius 2 is 0.818 bits per heavy atom. The molecule has 3 heterocycles. The molecule has 0 aliphatic carbocycles. The summed E-state index contributed by atoms with van der Waals surface area (Å²) in [6.45, 7) is 0. The van der Waals surface area contributed by atoms with E-state index in [-0.39, 0.29) is 45.5 Å². The smallest absolute Gasteiger partial charge is 0.335 e. The number of anilines is 6. The first-order valence-electron chi connectivity index (χ1n) is 12.7. The predicted octanol–water partition coefficient (Wildman–Crippen LogP) is 5.60. The van der Waals surface area contributed by atoms with Crippen LogP contribution in [0.25, 0.3) is 0 Å². The van der Waals surface area contributed by atoms with Gasteiger partial charge in [-0.3, -0.25) is 9.80 Å². The zero-order chi connectivity index (χ0) is 31.4. The summed E-state index contributed by atoms with van der Waals surface area (Å²) in [6, 6.07) is 21.8. The molecule has 0 aliphatic rings. The van der Waals surface area contributed by atoms with E-state index in [1.54, 1.807) is 30.3 Å². The van der Waals surface area contributed by atoms with Crippen LogP contribution in [0.5, 0.6) is 0 Å². The minimum atomic E-state index is -1.21. The van der Waals surface area contributed by atoms with Crippen LogP contribution in [0.3, 0.4) is 0 Å². The molecule has 218 valence electrons. The molecule has 5 rings (SSSR count). The summed E-state index contributed by atoms with van der Waals surface area (Å²) in [5.74, 6) is -4.20. The van der Waals surface area contributed by atoms with Gasteiger partial charge in [-0.1, -0.05) is 18.2 Å². The topological polar surface area (TPSA) is 194 Å². The number of hydrogen-bond donors (Lipinski definition) is 4. The van der Waals surface area contributed by atoms with Gasteiger partial charge in [0.1, 0.15) is 23.3 Å². The maximum absolute atomic E-state index is 11.8. The summed E-state index contributed by atoms with van der Waals surface area (Å²) in [7, 11) is 0. The van der Waals surface area contributed by atoms with Crippen molar-refractivity contribution in [1.29, 1.82) is 0 Å². The summed E-state index contributed by atoms with van der Waals surface area (Å²) in [4.78, 5) is 63.4. The number of carbonyl (C=O) groups is 4. The molecule has 44 heavy (non-hydrogen) atoms. The average Bonchev–Trinajstić information content (AvgIpc) is 3.02. The first-order valence-corrected chi connectivity index (χ1v) is 12.7. The van der Waals surface area contributed by atoms with Gasteiger partial charge in [-0.05, 0) is 72.8 Å². The maximum Gasteiger partial charge on any atom is 0.335 e. The Morgan fingerprint density at radius 3 is 1.20 bits per heavy atom. The molecular weight excluding hydrogens is 570 g/mol. The van der Waals surface area contributed by atoms with Gasteiger partial charge in [0.2, 0.25) is 0 Å². The molecule has 0 unspecified atom stereocenters. The van der Waals surface area contributed by atoms with Crippen molar-refractivity contribution in [3.8, 4) is 0 Å². The largest absolute Gasteiger partial charge is 0.478 e. The van der Waals surface area contributed by atoms with Crippen molar-refractivity contribution in [2.24, 2.45) is 0 Å². The minimum absolute atomic E-state index is 0.0418. The third-order valence-corrected chi connectivity index (χ3v) is 6.32. The van der Waals surface area contributed by atoms with Crippen molar-refractivity contribution in [2.45, 2.75) is 0 Å². The van der Waals surface area contributed by atoms with Gasteiger partial charge >= 0.3 is 23.9 Å². The number of hydrogen-bond acceptors (Lipinski definition) is 9. The first kappa shape index (κ1) is 28.9. The Morgan fingerprint density at radius 1 is 0.455 bits per heavy atom. The second-order valence-corrected chi connectivity index (χ2v) is 9.15. The van der Waals surface area contributed by atoms with Gasteiger partial charge in [-0.2, -0.15) is 0 Å². The first-order chi connectivity index (χ1) is 21.1. The molecule has 13 heteroatoms. The highest BCUT2D eigenvalue weighted by atomic mass is 16.4. The number of aromatic carboxylic acids is 4. The monoisotopic (exact) mass is 591 g/mol. The molecule has 0 radical (unpaired) electrons. The van der Waals surface area contributed by atoms with E-state index in [2.05, 4.69) is 9.97 Å². The molecule has 13 nitrogen and oxygen atoms in total. The van der Waals surface area contributed by atoms with Gasteiger partial charge in [0.05, 0.1) is 22.3 Å². The quantitative estimate of drug-likeness (QED) is 0.157. The summed E-state index contributed by atoms with van der Waals surface area (Å²) in [5.41, 5.74) is 0.365. The lowest BCUT2D eigenvalue weighted by molar-refractivity contribution is 0.0686. The van der Waals surface area contributed by atoms with Crippen molar-refractivity contribution in [2.75, 3.05) is 9.80 Å². The fraction of sp³-hybridized carbons (Fsp3) is 0. The Balaban J connectivity index is 1.73. The number of aromatic nitrogens is 3. The highest BCUT2D eigenvalue weighted by Crippen LogP contribution is 2.37. The molecule has 0 atom stereocenters. The predicted molar refractivity (Wildman–Crippen MR) is 157 cm³/mol. The third kappa shape index (κ3) is 6.01. The molecule has 5 aromatic rings. The van der Waals surface area contributed by atoms with Crippen LogP contribution >= 0.6 is 0 Å². The van der Waals surface area contributed by atoms with E-state index in [1.165, 1.54) is 82.9 Å². The Labute approximate surface area is 248 Å². The molecule has 3 aromatic heterocycles. The van der Waals surface area contributed by atoms with Crippen LogP contribution in [0.1, 0.15) is 41.4 Å². The Kier molecular flexibility index (Phi) is 7.93.